The SMILES string of the molecule is Cc1nc2ccccc2n(CC(O)C2CCCC2)c1=O. The van der Waals surface area contributed by atoms with Gasteiger partial charge in [-0.15, -0.1) is 0 Å². The summed E-state index contributed by atoms with van der Waals surface area (Å²) in [6, 6.07) is 7.61. The van der Waals surface area contributed by atoms with Gasteiger partial charge in [0.1, 0.15) is 5.69 Å². The summed E-state index contributed by atoms with van der Waals surface area (Å²) in [5, 5.41) is 10.4. The highest BCUT2D eigenvalue weighted by atomic mass is 16.3. The van der Waals surface area contributed by atoms with Crippen molar-refractivity contribution in [1.29, 1.82) is 0 Å². The van der Waals surface area contributed by atoms with Gasteiger partial charge in [-0.1, -0.05) is 25.0 Å². The van der Waals surface area contributed by atoms with Crippen LogP contribution in [-0.4, -0.2) is 20.8 Å². The van der Waals surface area contributed by atoms with Crippen molar-refractivity contribution < 1.29 is 5.11 Å². The molecule has 4 heteroatoms. The fourth-order valence-corrected chi connectivity index (χ4v) is 3.18. The van der Waals surface area contributed by atoms with Crippen LogP contribution >= 0.6 is 0 Å². The number of aromatic nitrogens is 2. The molecular weight excluding hydrogens is 252 g/mol. The zero-order valence-electron chi connectivity index (χ0n) is 11.7. The highest BCUT2D eigenvalue weighted by Gasteiger charge is 2.24. The standard InChI is InChI=1S/C16H20N2O2/c1-11-16(20)18(10-15(19)12-6-2-3-7-12)14-9-5-4-8-13(14)17-11/h4-5,8-9,12,15,19H,2-3,6-7,10H2,1H3. The molecule has 1 unspecified atom stereocenters. The molecule has 106 valence electrons. The van der Waals surface area contributed by atoms with Crippen LogP contribution in [0.1, 0.15) is 31.4 Å². The highest BCUT2D eigenvalue weighted by Crippen LogP contribution is 2.28. The molecule has 1 aromatic carbocycles. The third kappa shape index (κ3) is 2.36. The molecule has 1 saturated carbocycles. The Hall–Kier alpha value is -1.68. The summed E-state index contributed by atoms with van der Waals surface area (Å²) in [6.07, 6.45) is 4.07. The summed E-state index contributed by atoms with van der Waals surface area (Å²) in [6.45, 7) is 2.10. The summed E-state index contributed by atoms with van der Waals surface area (Å²) in [5.74, 6) is 0.328. The Morgan fingerprint density at radius 2 is 2.05 bits per heavy atom. The zero-order valence-corrected chi connectivity index (χ0v) is 11.7. The lowest BCUT2D eigenvalue weighted by Gasteiger charge is -2.20. The maximum atomic E-state index is 12.3. The van der Waals surface area contributed by atoms with Crippen molar-refractivity contribution in [3.8, 4) is 0 Å². The summed E-state index contributed by atoms with van der Waals surface area (Å²) in [4.78, 5) is 16.6. The van der Waals surface area contributed by atoms with Crippen molar-refractivity contribution in [3.63, 3.8) is 0 Å². The lowest BCUT2D eigenvalue weighted by Crippen LogP contribution is -2.32. The normalized spacial score (nSPS) is 17.7. The number of rotatable bonds is 3. The predicted octanol–water partition coefficient (Wildman–Crippen LogP) is 2.26. The van der Waals surface area contributed by atoms with Crippen LogP contribution in [0, 0.1) is 12.8 Å². The van der Waals surface area contributed by atoms with E-state index in [1.165, 1.54) is 12.8 Å². The van der Waals surface area contributed by atoms with Crippen LogP contribution in [0.4, 0.5) is 0 Å². The highest BCUT2D eigenvalue weighted by molar-refractivity contribution is 5.74. The third-order valence-corrected chi connectivity index (χ3v) is 4.33. The molecule has 0 aliphatic heterocycles. The molecule has 0 saturated heterocycles. The van der Waals surface area contributed by atoms with Gasteiger partial charge in [0.15, 0.2) is 0 Å². The van der Waals surface area contributed by atoms with Crippen LogP contribution in [0.3, 0.4) is 0 Å². The second kappa shape index (κ2) is 5.37. The minimum Gasteiger partial charge on any atom is -0.391 e. The van der Waals surface area contributed by atoms with Gasteiger partial charge < -0.3 is 9.67 Å². The molecule has 2 aromatic rings. The minimum atomic E-state index is -0.444. The van der Waals surface area contributed by atoms with Crippen molar-refractivity contribution in [2.24, 2.45) is 5.92 Å². The molecule has 1 aliphatic rings. The largest absolute Gasteiger partial charge is 0.391 e. The summed E-state index contributed by atoms with van der Waals surface area (Å²) in [5.41, 5.74) is 2.01. The average Bonchev–Trinajstić information content (AvgIpc) is 2.98. The number of para-hydroxylation sites is 2. The Morgan fingerprint density at radius 3 is 2.80 bits per heavy atom. The van der Waals surface area contributed by atoms with Gasteiger partial charge in [-0.3, -0.25) is 4.79 Å². The number of aliphatic hydroxyl groups excluding tert-OH is 1. The van der Waals surface area contributed by atoms with Crippen molar-refractivity contribution in [1.82, 2.24) is 9.55 Å². The molecule has 4 nitrogen and oxygen atoms in total. The van der Waals surface area contributed by atoms with E-state index in [1.807, 2.05) is 24.3 Å². The van der Waals surface area contributed by atoms with Crippen LogP contribution in [0.25, 0.3) is 11.0 Å². The second-order valence-electron chi connectivity index (χ2n) is 5.71. The molecule has 0 spiro atoms. The molecule has 1 N–H and O–H groups in total. The summed E-state index contributed by atoms with van der Waals surface area (Å²) < 4.78 is 1.68. The van der Waals surface area contributed by atoms with E-state index in [0.29, 0.717) is 18.2 Å². The molecule has 0 bridgehead atoms. The van der Waals surface area contributed by atoms with Gasteiger partial charge in [-0.2, -0.15) is 0 Å². The first-order valence-corrected chi connectivity index (χ1v) is 7.31. The quantitative estimate of drug-likeness (QED) is 0.932. The number of hydrogen-bond donors (Lipinski definition) is 1. The lowest BCUT2D eigenvalue weighted by molar-refractivity contribution is 0.0932. The van der Waals surface area contributed by atoms with Gasteiger partial charge in [0.25, 0.3) is 5.56 Å². The Morgan fingerprint density at radius 1 is 1.35 bits per heavy atom. The molecule has 0 radical (unpaired) electrons. The molecule has 20 heavy (non-hydrogen) atoms. The number of aliphatic hydroxyl groups is 1. The zero-order chi connectivity index (χ0) is 14.1. The first-order chi connectivity index (χ1) is 9.66. The Balaban J connectivity index is 2.01. The number of fused-ring (bicyclic) bond motifs is 1. The Bertz CT molecular complexity index is 672. The van der Waals surface area contributed by atoms with Crippen molar-refractivity contribution in [3.05, 3.63) is 40.3 Å². The fourth-order valence-electron chi connectivity index (χ4n) is 3.18. The topological polar surface area (TPSA) is 55.1 Å². The third-order valence-electron chi connectivity index (χ3n) is 4.33. The number of nitrogens with zero attached hydrogens (tertiary/aromatic N) is 2. The number of aryl methyl sites for hydroxylation is 1. The Kier molecular flexibility index (Phi) is 3.57. The fraction of sp³-hybridized carbons (Fsp3) is 0.500. The van der Waals surface area contributed by atoms with Gasteiger partial charge in [0.05, 0.1) is 23.7 Å². The first-order valence-electron chi connectivity index (χ1n) is 7.31. The van der Waals surface area contributed by atoms with E-state index in [1.54, 1.807) is 11.5 Å². The second-order valence-corrected chi connectivity index (χ2v) is 5.71. The summed E-state index contributed by atoms with van der Waals surface area (Å²) in [7, 11) is 0. The number of hydrogen-bond acceptors (Lipinski definition) is 3. The summed E-state index contributed by atoms with van der Waals surface area (Å²) >= 11 is 0. The molecule has 1 aromatic heterocycles. The van der Waals surface area contributed by atoms with Crippen LogP contribution in [-0.2, 0) is 6.54 Å². The molecule has 1 heterocycles. The van der Waals surface area contributed by atoms with Crippen molar-refractivity contribution in [2.75, 3.05) is 0 Å². The monoisotopic (exact) mass is 272 g/mol. The number of benzene rings is 1. The smallest absolute Gasteiger partial charge is 0.272 e. The van der Waals surface area contributed by atoms with Crippen molar-refractivity contribution in [2.45, 2.75) is 45.3 Å². The van der Waals surface area contributed by atoms with E-state index in [9.17, 15) is 9.90 Å². The average molecular weight is 272 g/mol. The van der Waals surface area contributed by atoms with E-state index < -0.39 is 6.10 Å². The maximum Gasteiger partial charge on any atom is 0.272 e. The van der Waals surface area contributed by atoms with E-state index in [0.717, 1.165) is 23.9 Å². The van der Waals surface area contributed by atoms with Gasteiger partial charge in [-0.25, -0.2) is 4.98 Å². The molecular formula is C16H20N2O2. The van der Waals surface area contributed by atoms with E-state index >= 15 is 0 Å². The first kappa shape index (κ1) is 13.3. The Labute approximate surface area is 118 Å². The van der Waals surface area contributed by atoms with Crippen LogP contribution in [0.5, 0.6) is 0 Å². The molecule has 1 aliphatic carbocycles. The molecule has 0 amide bonds. The molecule has 3 rings (SSSR count). The maximum absolute atomic E-state index is 12.3. The van der Waals surface area contributed by atoms with Crippen LogP contribution < -0.4 is 5.56 Å². The van der Waals surface area contributed by atoms with Crippen LogP contribution in [0.2, 0.25) is 0 Å². The van der Waals surface area contributed by atoms with Gasteiger partial charge in [0.2, 0.25) is 0 Å². The predicted molar refractivity (Wildman–Crippen MR) is 78.7 cm³/mol. The lowest BCUT2D eigenvalue weighted by atomic mass is 10.0. The minimum absolute atomic E-state index is 0.0965. The van der Waals surface area contributed by atoms with E-state index in [-0.39, 0.29) is 5.56 Å². The van der Waals surface area contributed by atoms with Gasteiger partial charge >= 0.3 is 0 Å². The van der Waals surface area contributed by atoms with E-state index in [4.69, 9.17) is 0 Å². The molecule has 1 atom stereocenters. The van der Waals surface area contributed by atoms with Crippen LogP contribution in [0.15, 0.2) is 29.1 Å². The van der Waals surface area contributed by atoms with Gasteiger partial charge in [0, 0.05) is 0 Å². The van der Waals surface area contributed by atoms with E-state index in [2.05, 4.69) is 4.98 Å². The van der Waals surface area contributed by atoms with Gasteiger partial charge in [-0.05, 0) is 37.8 Å². The molecule has 1 fully saturated rings. The van der Waals surface area contributed by atoms with Crippen molar-refractivity contribution >= 4 is 11.0 Å².